The summed E-state index contributed by atoms with van der Waals surface area (Å²) in [5.74, 6) is 0.136. The summed E-state index contributed by atoms with van der Waals surface area (Å²) in [6.45, 7) is 1.96. The van der Waals surface area contributed by atoms with E-state index in [1.54, 1.807) is 0 Å². The van der Waals surface area contributed by atoms with E-state index < -0.39 is 0 Å². The average molecular weight is 195 g/mol. The van der Waals surface area contributed by atoms with Gasteiger partial charge in [0.1, 0.15) is 0 Å². The minimum absolute atomic E-state index is 0.0871. The van der Waals surface area contributed by atoms with Crippen LogP contribution >= 0.6 is 0 Å². The van der Waals surface area contributed by atoms with Crippen LogP contribution in [0.1, 0.15) is 26.2 Å². The molecule has 6 nitrogen and oxygen atoms in total. The summed E-state index contributed by atoms with van der Waals surface area (Å²) >= 11 is 0. The first-order chi connectivity index (χ1) is 6.83. The molecule has 0 aliphatic carbocycles. The summed E-state index contributed by atoms with van der Waals surface area (Å²) in [4.78, 5) is 11.2. The molecule has 1 aromatic rings. The van der Waals surface area contributed by atoms with Crippen LogP contribution in [0.25, 0.3) is 0 Å². The Morgan fingerprint density at radius 3 is 3.14 bits per heavy atom. The van der Waals surface area contributed by atoms with Crippen LogP contribution < -0.4 is 5.32 Å². The molecule has 0 unspecified atom stereocenters. The molecule has 1 aromatic heterocycles. The van der Waals surface area contributed by atoms with Crippen molar-refractivity contribution in [3.05, 3.63) is 12.2 Å². The fraction of sp³-hybridized carbons (Fsp3) is 0.500. The Morgan fingerprint density at radius 1 is 1.64 bits per heavy atom. The van der Waals surface area contributed by atoms with E-state index >= 15 is 0 Å². The molecule has 6 heteroatoms. The van der Waals surface area contributed by atoms with Gasteiger partial charge >= 0.3 is 0 Å². The van der Waals surface area contributed by atoms with Gasteiger partial charge < -0.3 is 0 Å². The first kappa shape index (κ1) is 10.4. The molecule has 0 fully saturated rings. The number of aromatic nitrogens is 4. The number of carbonyl (C=O) groups is 1. The highest BCUT2D eigenvalue weighted by Crippen LogP contribution is 1.99. The smallest absolute Gasteiger partial charge is 0.269 e. The quantitative estimate of drug-likeness (QED) is 0.539. The highest BCUT2D eigenvalue weighted by atomic mass is 16.1. The molecule has 0 saturated heterocycles. The van der Waals surface area contributed by atoms with E-state index in [4.69, 9.17) is 0 Å². The minimum atomic E-state index is -0.0871. The number of allylic oxidation sites excluding steroid dienone is 2. The average Bonchev–Trinajstić information content (AvgIpc) is 2.65. The molecular weight excluding hydrogens is 182 g/mol. The maximum atomic E-state index is 11.2. The molecule has 1 amide bonds. The van der Waals surface area contributed by atoms with Crippen LogP contribution in [-0.2, 0) is 4.79 Å². The van der Waals surface area contributed by atoms with Gasteiger partial charge in [-0.1, -0.05) is 17.3 Å². The molecule has 2 N–H and O–H groups in total. The Bertz CT molecular complexity index is 293. The van der Waals surface area contributed by atoms with Gasteiger partial charge in [-0.15, -0.1) is 5.10 Å². The molecule has 1 rings (SSSR count). The van der Waals surface area contributed by atoms with Crippen LogP contribution in [0.4, 0.5) is 5.95 Å². The highest BCUT2D eigenvalue weighted by Gasteiger charge is 2.03. The van der Waals surface area contributed by atoms with Crippen molar-refractivity contribution in [1.82, 2.24) is 20.6 Å². The normalized spacial score (nSPS) is 10.6. The molecule has 0 saturated carbocycles. The zero-order chi connectivity index (χ0) is 10.2. The van der Waals surface area contributed by atoms with Crippen molar-refractivity contribution < 1.29 is 4.79 Å². The SMILES string of the molecule is CC=CCCCC(=O)Nc1nn[nH]n1. The van der Waals surface area contributed by atoms with Crippen molar-refractivity contribution in [2.24, 2.45) is 0 Å². The lowest BCUT2D eigenvalue weighted by Crippen LogP contribution is -2.12. The van der Waals surface area contributed by atoms with Crippen LogP contribution in [0.3, 0.4) is 0 Å². The fourth-order valence-corrected chi connectivity index (χ4v) is 0.949. The molecule has 0 aliphatic heterocycles. The van der Waals surface area contributed by atoms with Crippen LogP contribution in [-0.4, -0.2) is 26.5 Å². The Kier molecular flexibility index (Phi) is 4.33. The molecule has 14 heavy (non-hydrogen) atoms. The third-order valence-corrected chi connectivity index (χ3v) is 1.61. The lowest BCUT2D eigenvalue weighted by molar-refractivity contribution is -0.116. The molecular formula is C8H13N5O. The first-order valence-corrected chi connectivity index (χ1v) is 4.47. The molecule has 0 spiro atoms. The number of aromatic amines is 1. The van der Waals surface area contributed by atoms with E-state index in [0.29, 0.717) is 6.42 Å². The summed E-state index contributed by atoms with van der Waals surface area (Å²) in [7, 11) is 0. The molecule has 1 heterocycles. The van der Waals surface area contributed by atoms with E-state index in [9.17, 15) is 4.79 Å². The standard InChI is InChI=1S/C8H13N5O/c1-2-3-4-5-6-7(14)9-8-10-12-13-11-8/h2-3H,4-6H2,1H3,(H2,9,10,11,12,13,14). The van der Waals surface area contributed by atoms with Gasteiger partial charge in [0.15, 0.2) is 0 Å². The number of unbranched alkanes of at least 4 members (excludes halogenated alkanes) is 1. The minimum Gasteiger partial charge on any atom is -0.292 e. The van der Waals surface area contributed by atoms with Crippen LogP contribution in [0.2, 0.25) is 0 Å². The summed E-state index contributed by atoms with van der Waals surface area (Å²) in [6.07, 6.45) is 6.21. The lowest BCUT2D eigenvalue weighted by Gasteiger charge is -1.97. The first-order valence-electron chi connectivity index (χ1n) is 4.47. The van der Waals surface area contributed by atoms with Crippen LogP contribution in [0.15, 0.2) is 12.2 Å². The molecule has 0 bridgehead atoms. The highest BCUT2D eigenvalue weighted by molar-refractivity contribution is 5.88. The molecule has 0 aromatic carbocycles. The van der Waals surface area contributed by atoms with E-state index in [2.05, 4.69) is 25.9 Å². The fourth-order valence-electron chi connectivity index (χ4n) is 0.949. The van der Waals surface area contributed by atoms with Gasteiger partial charge in [0.25, 0.3) is 5.95 Å². The number of carbonyl (C=O) groups excluding carboxylic acids is 1. The van der Waals surface area contributed by atoms with Crippen molar-refractivity contribution in [3.63, 3.8) is 0 Å². The molecule has 0 aliphatic rings. The Balaban J connectivity index is 2.17. The number of nitrogens with one attached hydrogen (secondary N) is 2. The van der Waals surface area contributed by atoms with Gasteiger partial charge in [-0.3, -0.25) is 10.1 Å². The number of amides is 1. The van der Waals surface area contributed by atoms with E-state index in [1.807, 2.05) is 19.1 Å². The molecule has 76 valence electrons. The zero-order valence-electron chi connectivity index (χ0n) is 8.03. The van der Waals surface area contributed by atoms with E-state index in [1.165, 1.54) is 0 Å². The van der Waals surface area contributed by atoms with Gasteiger partial charge in [0.2, 0.25) is 5.91 Å². The summed E-state index contributed by atoms with van der Waals surface area (Å²) in [6, 6.07) is 0. The predicted molar refractivity (Wildman–Crippen MR) is 51.5 cm³/mol. The largest absolute Gasteiger partial charge is 0.292 e. The number of rotatable bonds is 5. The molecule has 0 radical (unpaired) electrons. The van der Waals surface area contributed by atoms with Gasteiger partial charge in [0.05, 0.1) is 0 Å². The van der Waals surface area contributed by atoms with Gasteiger partial charge in [-0.25, -0.2) is 0 Å². The number of nitrogens with zero attached hydrogens (tertiary/aromatic N) is 3. The van der Waals surface area contributed by atoms with E-state index in [0.717, 1.165) is 12.8 Å². The van der Waals surface area contributed by atoms with Gasteiger partial charge in [0, 0.05) is 6.42 Å². The number of H-pyrrole nitrogens is 1. The topological polar surface area (TPSA) is 83.6 Å². The maximum absolute atomic E-state index is 11.2. The number of hydrogen-bond acceptors (Lipinski definition) is 4. The van der Waals surface area contributed by atoms with Gasteiger partial charge in [-0.05, 0) is 25.0 Å². The van der Waals surface area contributed by atoms with Crippen molar-refractivity contribution in [2.75, 3.05) is 5.32 Å². The summed E-state index contributed by atoms with van der Waals surface area (Å²) in [5.41, 5.74) is 0. The third-order valence-electron chi connectivity index (χ3n) is 1.61. The van der Waals surface area contributed by atoms with Crippen LogP contribution in [0, 0.1) is 0 Å². The second-order valence-corrected chi connectivity index (χ2v) is 2.74. The monoisotopic (exact) mass is 195 g/mol. The van der Waals surface area contributed by atoms with Gasteiger partial charge in [-0.2, -0.15) is 5.21 Å². The van der Waals surface area contributed by atoms with Crippen molar-refractivity contribution >= 4 is 11.9 Å². The predicted octanol–water partition coefficient (Wildman–Crippen LogP) is 0.885. The summed E-state index contributed by atoms with van der Waals surface area (Å²) < 4.78 is 0. The van der Waals surface area contributed by atoms with Crippen LogP contribution in [0.5, 0.6) is 0 Å². The Hall–Kier alpha value is -1.72. The number of tetrazole rings is 1. The van der Waals surface area contributed by atoms with Crippen molar-refractivity contribution in [1.29, 1.82) is 0 Å². The number of hydrogen-bond donors (Lipinski definition) is 2. The van der Waals surface area contributed by atoms with Crippen molar-refractivity contribution in [2.45, 2.75) is 26.2 Å². The molecule has 0 atom stereocenters. The maximum Gasteiger partial charge on any atom is 0.269 e. The second kappa shape index (κ2) is 5.85. The second-order valence-electron chi connectivity index (χ2n) is 2.74. The Morgan fingerprint density at radius 2 is 2.50 bits per heavy atom. The zero-order valence-corrected chi connectivity index (χ0v) is 8.03. The third kappa shape index (κ3) is 3.79. The summed E-state index contributed by atoms with van der Waals surface area (Å²) in [5, 5.41) is 15.3. The van der Waals surface area contributed by atoms with Crippen molar-refractivity contribution in [3.8, 4) is 0 Å². The number of anilines is 1. The lowest BCUT2D eigenvalue weighted by atomic mass is 10.2. The van der Waals surface area contributed by atoms with E-state index in [-0.39, 0.29) is 11.9 Å². The Labute approximate surface area is 81.8 Å².